The third-order valence-electron chi connectivity index (χ3n) is 7.42. The SMILES string of the molecule is CCCCCCOc1ccc(C2OC3(C)OC(=N)C(C#N)(C3c3ccccc3OC)C2(C#N)C#N)cc1. The lowest BCUT2D eigenvalue weighted by Gasteiger charge is -2.49. The summed E-state index contributed by atoms with van der Waals surface area (Å²) in [7, 11) is 1.50. The van der Waals surface area contributed by atoms with Gasteiger partial charge < -0.3 is 18.9 Å². The summed E-state index contributed by atoms with van der Waals surface area (Å²) in [5.41, 5.74) is -2.99. The Hall–Kier alpha value is -4.06. The van der Waals surface area contributed by atoms with Crippen molar-refractivity contribution in [2.45, 2.75) is 57.3 Å². The Morgan fingerprint density at radius 3 is 2.30 bits per heavy atom. The summed E-state index contributed by atoms with van der Waals surface area (Å²) in [5.74, 6) is -1.82. The fourth-order valence-corrected chi connectivity index (χ4v) is 5.61. The van der Waals surface area contributed by atoms with Gasteiger partial charge in [-0.05, 0) is 30.2 Å². The van der Waals surface area contributed by atoms with E-state index in [9.17, 15) is 15.8 Å². The lowest BCUT2D eigenvalue weighted by Crippen LogP contribution is -2.57. The van der Waals surface area contributed by atoms with Crippen molar-refractivity contribution < 1.29 is 18.9 Å². The molecule has 4 atom stereocenters. The van der Waals surface area contributed by atoms with Crippen molar-refractivity contribution in [3.8, 4) is 29.7 Å². The number of para-hydroxylation sites is 1. The zero-order valence-corrected chi connectivity index (χ0v) is 21.3. The number of ether oxygens (including phenoxy) is 4. The molecule has 37 heavy (non-hydrogen) atoms. The van der Waals surface area contributed by atoms with Gasteiger partial charge in [-0.2, -0.15) is 15.8 Å². The Kier molecular flexibility index (Phi) is 7.12. The van der Waals surface area contributed by atoms with Crippen LogP contribution in [0.15, 0.2) is 48.5 Å². The first-order valence-corrected chi connectivity index (χ1v) is 12.4. The molecular formula is C29H30N4O4. The predicted octanol–water partition coefficient (Wildman–Crippen LogP) is 5.78. The highest BCUT2D eigenvalue weighted by molar-refractivity contribution is 5.90. The Labute approximate surface area is 217 Å². The van der Waals surface area contributed by atoms with E-state index in [0.717, 1.165) is 25.7 Å². The number of nitrogens with one attached hydrogen (secondary N) is 1. The van der Waals surface area contributed by atoms with E-state index >= 15 is 0 Å². The number of nitriles is 3. The van der Waals surface area contributed by atoms with Crippen LogP contribution in [-0.4, -0.2) is 25.4 Å². The average Bonchev–Trinajstić information content (AvgIpc) is 3.10. The number of rotatable bonds is 9. The van der Waals surface area contributed by atoms with Gasteiger partial charge in [0.1, 0.15) is 17.6 Å². The maximum atomic E-state index is 10.6. The molecule has 2 aliphatic rings. The fraction of sp³-hybridized carbons (Fsp3) is 0.448. The molecule has 2 saturated heterocycles. The van der Waals surface area contributed by atoms with Crippen molar-refractivity contribution >= 4 is 5.90 Å². The van der Waals surface area contributed by atoms with Crippen LogP contribution in [0.1, 0.15) is 62.7 Å². The molecule has 2 heterocycles. The topological polar surface area (TPSA) is 132 Å². The molecule has 0 saturated carbocycles. The van der Waals surface area contributed by atoms with Gasteiger partial charge in [-0.1, -0.05) is 56.5 Å². The molecule has 190 valence electrons. The van der Waals surface area contributed by atoms with Crippen molar-refractivity contribution in [3.63, 3.8) is 0 Å². The van der Waals surface area contributed by atoms with Gasteiger partial charge in [0.15, 0.2) is 5.41 Å². The lowest BCUT2D eigenvalue weighted by atomic mass is 9.52. The van der Waals surface area contributed by atoms with E-state index in [-0.39, 0.29) is 0 Å². The maximum absolute atomic E-state index is 10.6. The Morgan fingerprint density at radius 1 is 0.973 bits per heavy atom. The van der Waals surface area contributed by atoms with Crippen LogP contribution in [0.5, 0.6) is 11.5 Å². The zero-order valence-electron chi connectivity index (χ0n) is 21.3. The molecule has 8 heteroatoms. The van der Waals surface area contributed by atoms with Crippen molar-refractivity contribution in [2.75, 3.05) is 13.7 Å². The molecule has 1 N–H and O–H groups in total. The molecule has 2 aromatic carbocycles. The van der Waals surface area contributed by atoms with E-state index in [1.54, 1.807) is 55.5 Å². The Bertz CT molecular complexity index is 1270. The van der Waals surface area contributed by atoms with Gasteiger partial charge in [0.25, 0.3) is 0 Å². The molecule has 2 aliphatic heterocycles. The van der Waals surface area contributed by atoms with Crippen LogP contribution in [0.3, 0.4) is 0 Å². The van der Waals surface area contributed by atoms with E-state index in [1.807, 2.05) is 0 Å². The molecular weight excluding hydrogens is 468 g/mol. The quantitative estimate of drug-likeness (QED) is 0.434. The molecule has 0 aromatic heterocycles. The molecule has 0 spiro atoms. The summed E-state index contributed by atoms with van der Waals surface area (Å²) in [5, 5.41) is 40.4. The van der Waals surface area contributed by atoms with Gasteiger partial charge in [0, 0.05) is 12.5 Å². The van der Waals surface area contributed by atoms with Crippen LogP contribution in [-0.2, 0) is 9.47 Å². The number of hydrogen-bond donors (Lipinski definition) is 1. The Balaban J connectivity index is 1.77. The highest BCUT2D eigenvalue weighted by Crippen LogP contribution is 2.70. The van der Waals surface area contributed by atoms with E-state index in [4.69, 9.17) is 24.4 Å². The summed E-state index contributed by atoms with van der Waals surface area (Å²) in [6.45, 7) is 4.39. The van der Waals surface area contributed by atoms with Crippen molar-refractivity contribution in [3.05, 3.63) is 59.7 Å². The lowest BCUT2D eigenvalue weighted by molar-refractivity contribution is -0.253. The van der Waals surface area contributed by atoms with Crippen LogP contribution in [0, 0.1) is 50.2 Å². The van der Waals surface area contributed by atoms with Crippen LogP contribution in [0.4, 0.5) is 0 Å². The number of hydrogen-bond acceptors (Lipinski definition) is 8. The van der Waals surface area contributed by atoms with Crippen LogP contribution >= 0.6 is 0 Å². The first kappa shape index (κ1) is 26.0. The Morgan fingerprint density at radius 2 is 1.68 bits per heavy atom. The number of fused-ring (bicyclic) bond motifs is 2. The summed E-state index contributed by atoms with van der Waals surface area (Å²) >= 11 is 0. The molecule has 8 nitrogen and oxygen atoms in total. The third-order valence-corrected chi connectivity index (χ3v) is 7.42. The predicted molar refractivity (Wildman–Crippen MR) is 135 cm³/mol. The highest BCUT2D eigenvalue weighted by Gasteiger charge is 2.80. The first-order chi connectivity index (χ1) is 17.9. The van der Waals surface area contributed by atoms with Gasteiger partial charge in [-0.3, -0.25) is 5.41 Å². The molecule has 2 fully saturated rings. The van der Waals surface area contributed by atoms with Gasteiger partial charge in [0.2, 0.25) is 17.1 Å². The molecule has 4 unspecified atom stereocenters. The fourth-order valence-electron chi connectivity index (χ4n) is 5.61. The minimum atomic E-state index is -2.08. The monoisotopic (exact) mass is 498 g/mol. The minimum Gasteiger partial charge on any atom is -0.496 e. The van der Waals surface area contributed by atoms with Gasteiger partial charge in [-0.25, -0.2) is 0 Å². The number of nitrogens with zero attached hydrogens (tertiary/aromatic N) is 3. The van der Waals surface area contributed by atoms with Crippen molar-refractivity contribution in [2.24, 2.45) is 10.8 Å². The summed E-state index contributed by atoms with van der Waals surface area (Å²) < 4.78 is 23.7. The van der Waals surface area contributed by atoms with Crippen LogP contribution in [0.2, 0.25) is 0 Å². The van der Waals surface area contributed by atoms with Crippen LogP contribution in [0.25, 0.3) is 0 Å². The third kappa shape index (κ3) is 3.88. The summed E-state index contributed by atoms with van der Waals surface area (Å²) in [4.78, 5) is 0. The van der Waals surface area contributed by atoms with Crippen molar-refractivity contribution in [1.29, 1.82) is 21.2 Å². The van der Waals surface area contributed by atoms with Gasteiger partial charge >= 0.3 is 0 Å². The standard InChI is InChI=1S/C29H30N4O4/c1-4-5-6-9-16-35-21-14-12-20(13-15-21)25-28(17-30,18-31)29(19-32)24(27(2,36-25)37-26(29)33)22-10-7-8-11-23(22)34-3/h7-8,10-15,24-25,33H,4-6,9,16H2,1-3H3. The smallest absolute Gasteiger partial charge is 0.219 e. The minimum absolute atomic E-state index is 0.448. The van der Waals surface area contributed by atoms with Gasteiger partial charge in [-0.15, -0.1) is 0 Å². The van der Waals surface area contributed by atoms with Crippen molar-refractivity contribution in [1.82, 2.24) is 0 Å². The maximum Gasteiger partial charge on any atom is 0.219 e. The molecule has 0 amide bonds. The van der Waals surface area contributed by atoms with E-state index in [2.05, 4.69) is 25.1 Å². The second-order valence-corrected chi connectivity index (χ2v) is 9.55. The summed E-state index contributed by atoms with van der Waals surface area (Å²) in [6.07, 6.45) is 3.22. The molecule has 2 bridgehead atoms. The van der Waals surface area contributed by atoms with E-state index in [0.29, 0.717) is 29.2 Å². The first-order valence-electron chi connectivity index (χ1n) is 12.4. The highest BCUT2D eigenvalue weighted by atomic mass is 16.7. The number of methoxy groups -OCH3 is 1. The van der Waals surface area contributed by atoms with Crippen LogP contribution < -0.4 is 9.47 Å². The zero-order chi connectivity index (χ0) is 26.7. The second kappa shape index (κ2) is 10.1. The summed E-state index contributed by atoms with van der Waals surface area (Å²) in [6, 6.07) is 20.4. The average molecular weight is 499 g/mol. The molecule has 2 aromatic rings. The number of benzene rings is 2. The largest absolute Gasteiger partial charge is 0.496 e. The molecule has 4 rings (SSSR count). The van der Waals surface area contributed by atoms with Gasteiger partial charge in [0.05, 0.1) is 37.8 Å². The second-order valence-electron chi connectivity index (χ2n) is 9.55. The molecule has 0 radical (unpaired) electrons. The molecule has 0 aliphatic carbocycles. The van der Waals surface area contributed by atoms with E-state index in [1.165, 1.54) is 7.11 Å². The number of unbranched alkanes of at least 4 members (excludes halogenated alkanes) is 3. The van der Waals surface area contributed by atoms with E-state index < -0.39 is 34.5 Å². The normalized spacial score (nSPS) is 27.3.